The predicted molar refractivity (Wildman–Crippen MR) is 86.4 cm³/mol. The number of nitrogens with one attached hydrogen (secondary N) is 2. The second-order valence-electron chi connectivity index (χ2n) is 5.23. The van der Waals surface area contributed by atoms with Gasteiger partial charge in [-0.1, -0.05) is 31.8 Å². The Hall–Kier alpha value is -1.49. The quantitative estimate of drug-likeness (QED) is 0.576. The van der Waals surface area contributed by atoms with E-state index in [1.807, 2.05) is 6.07 Å². The lowest BCUT2D eigenvalue weighted by Gasteiger charge is -2.15. The van der Waals surface area contributed by atoms with Gasteiger partial charge in [-0.15, -0.1) is 17.9 Å². The van der Waals surface area contributed by atoms with Crippen molar-refractivity contribution in [2.75, 3.05) is 17.6 Å². The van der Waals surface area contributed by atoms with Crippen LogP contribution in [0.25, 0.3) is 0 Å². The van der Waals surface area contributed by atoms with Gasteiger partial charge in [0.2, 0.25) is 0 Å². The summed E-state index contributed by atoms with van der Waals surface area (Å²) in [6, 6.07) is 2.39. The average Bonchev–Trinajstić information content (AvgIpc) is 2.64. The van der Waals surface area contributed by atoms with Crippen LogP contribution < -0.4 is 16.4 Å². The lowest BCUT2D eigenvalue weighted by atomic mass is 10.1. The highest BCUT2D eigenvalue weighted by Gasteiger charge is 2.17. The number of thiophene rings is 1. The molecule has 0 bridgehead atoms. The van der Waals surface area contributed by atoms with Gasteiger partial charge < -0.3 is 16.4 Å². The van der Waals surface area contributed by atoms with Crippen LogP contribution in [0, 0.1) is 0 Å². The number of nitrogens with two attached hydrogens (primary N) is 1. The van der Waals surface area contributed by atoms with Crippen molar-refractivity contribution in [1.82, 2.24) is 5.32 Å². The van der Waals surface area contributed by atoms with Gasteiger partial charge in [-0.05, 0) is 18.9 Å². The normalized spacial score (nSPS) is 16.4. The van der Waals surface area contributed by atoms with E-state index in [0.717, 1.165) is 5.00 Å². The molecule has 0 saturated heterocycles. The van der Waals surface area contributed by atoms with Crippen LogP contribution in [-0.4, -0.2) is 18.5 Å². The van der Waals surface area contributed by atoms with E-state index in [2.05, 4.69) is 17.2 Å². The third kappa shape index (κ3) is 4.00. The summed E-state index contributed by atoms with van der Waals surface area (Å²) in [5.41, 5.74) is 6.48. The lowest BCUT2D eigenvalue weighted by molar-refractivity contribution is 0.0963. The Morgan fingerprint density at radius 1 is 1.40 bits per heavy atom. The molecule has 0 unspecified atom stereocenters. The van der Waals surface area contributed by atoms with Gasteiger partial charge in [-0.25, -0.2) is 0 Å². The zero-order valence-electron chi connectivity index (χ0n) is 11.8. The van der Waals surface area contributed by atoms with E-state index >= 15 is 0 Å². The number of anilines is 2. The number of hydrogen-bond acceptors (Lipinski definition) is 4. The minimum Gasteiger partial charge on any atom is -0.397 e. The highest BCUT2D eigenvalue weighted by molar-refractivity contribution is 7.18. The molecule has 0 aromatic carbocycles. The third-order valence-corrected chi connectivity index (χ3v) is 4.66. The molecule has 0 spiro atoms. The lowest BCUT2D eigenvalue weighted by Crippen LogP contribution is -2.22. The molecule has 1 saturated carbocycles. The summed E-state index contributed by atoms with van der Waals surface area (Å²) in [6.45, 7) is 4.05. The molecule has 20 heavy (non-hydrogen) atoms. The maximum Gasteiger partial charge on any atom is 0.263 e. The smallest absolute Gasteiger partial charge is 0.263 e. The van der Waals surface area contributed by atoms with Crippen LogP contribution in [0.5, 0.6) is 0 Å². The Kier molecular flexibility index (Phi) is 5.47. The van der Waals surface area contributed by atoms with E-state index < -0.39 is 0 Å². The second-order valence-corrected chi connectivity index (χ2v) is 6.28. The number of rotatable bonds is 5. The molecular weight excluding hydrogens is 270 g/mol. The summed E-state index contributed by atoms with van der Waals surface area (Å²) in [5.74, 6) is -0.124. The minimum atomic E-state index is -0.124. The van der Waals surface area contributed by atoms with Gasteiger partial charge in [-0.2, -0.15) is 0 Å². The topological polar surface area (TPSA) is 67.2 Å². The molecule has 1 fully saturated rings. The Morgan fingerprint density at radius 3 is 2.75 bits per heavy atom. The number of carbonyl (C=O) groups is 1. The molecule has 5 heteroatoms. The van der Waals surface area contributed by atoms with E-state index in [0.29, 0.717) is 23.2 Å². The molecule has 2 rings (SSSR count). The number of nitrogen functional groups attached to an aromatic ring is 1. The van der Waals surface area contributed by atoms with Crippen LogP contribution in [0.3, 0.4) is 0 Å². The Morgan fingerprint density at radius 2 is 2.10 bits per heavy atom. The fraction of sp³-hybridized carbons (Fsp3) is 0.533. The molecule has 1 aliphatic carbocycles. The van der Waals surface area contributed by atoms with Gasteiger partial charge in [0.1, 0.15) is 4.88 Å². The van der Waals surface area contributed by atoms with Gasteiger partial charge in [0.05, 0.1) is 10.7 Å². The third-order valence-electron chi connectivity index (χ3n) is 3.58. The van der Waals surface area contributed by atoms with Gasteiger partial charge in [0.15, 0.2) is 0 Å². The summed E-state index contributed by atoms with van der Waals surface area (Å²) >= 11 is 1.44. The van der Waals surface area contributed by atoms with Crippen molar-refractivity contribution < 1.29 is 4.79 Å². The van der Waals surface area contributed by atoms with Crippen molar-refractivity contribution in [3.05, 3.63) is 23.6 Å². The molecule has 1 aromatic heterocycles. The zero-order chi connectivity index (χ0) is 14.4. The molecule has 0 aliphatic heterocycles. The molecule has 1 heterocycles. The maximum absolute atomic E-state index is 11.9. The number of amides is 1. The molecule has 1 aromatic rings. The number of carbonyl (C=O) groups excluding carboxylic acids is 1. The largest absolute Gasteiger partial charge is 0.397 e. The SMILES string of the molecule is C=CCNC(=O)c1sc(NC2CCCCCC2)cc1N. The standard InChI is InChI=1S/C15H23N3OS/c1-2-9-17-15(19)14-12(16)10-13(20-14)18-11-7-5-3-4-6-8-11/h2,10-11,18H,1,3-9,16H2,(H,17,19). The van der Waals surface area contributed by atoms with Crippen molar-refractivity contribution in [2.45, 2.75) is 44.6 Å². The summed E-state index contributed by atoms with van der Waals surface area (Å²) in [7, 11) is 0. The van der Waals surface area contributed by atoms with E-state index in [-0.39, 0.29) is 5.91 Å². The fourth-order valence-corrected chi connectivity index (χ4v) is 3.50. The molecule has 110 valence electrons. The van der Waals surface area contributed by atoms with E-state index in [1.54, 1.807) is 6.08 Å². The van der Waals surface area contributed by atoms with Crippen LogP contribution in [0.1, 0.15) is 48.2 Å². The van der Waals surface area contributed by atoms with Crippen molar-refractivity contribution in [1.29, 1.82) is 0 Å². The van der Waals surface area contributed by atoms with Crippen LogP contribution in [-0.2, 0) is 0 Å². The van der Waals surface area contributed by atoms with Crippen LogP contribution in [0.4, 0.5) is 10.7 Å². The molecule has 1 amide bonds. The average molecular weight is 293 g/mol. The van der Waals surface area contributed by atoms with Crippen LogP contribution >= 0.6 is 11.3 Å². The van der Waals surface area contributed by atoms with Gasteiger partial charge in [0.25, 0.3) is 5.91 Å². The van der Waals surface area contributed by atoms with E-state index in [9.17, 15) is 4.79 Å². The van der Waals surface area contributed by atoms with Crippen LogP contribution in [0.2, 0.25) is 0 Å². The predicted octanol–water partition coefficient (Wildman–Crippen LogP) is 3.38. The highest BCUT2D eigenvalue weighted by Crippen LogP contribution is 2.31. The first-order valence-electron chi connectivity index (χ1n) is 7.25. The first-order valence-corrected chi connectivity index (χ1v) is 8.07. The fourth-order valence-electron chi connectivity index (χ4n) is 2.52. The minimum absolute atomic E-state index is 0.124. The van der Waals surface area contributed by atoms with Gasteiger partial charge in [0, 0.05) is 12.6 Å². The highest BCUT2D eigenvalue weighted by atomic mass is 32.1. The van der Waals surface area contributed by atoms with Crippen LogP contribution in [0.15, 0.2) is 18.7 Å². The molecule has 0 radical (unpaired) electrons. The van der Waals surface area contributed by atoms with Gasteiger partial charge >= 0.3 is 0 Å². The second kappa shape index (κ2) is 7.33. The van der Waals surface area contributed by atoms with Gasteiger partial charge in [-0.3, -0.25) is 4.79 Å². The van der Waals surface area contributed by atoms with Crippen molar-refractivity contribution in [2.24, 2.45) is 0 Å². The maximum atomic E-state index is 11.9. The first-order chi connectivity index (χ1) is 9.70. The first kappa shape index (κ1) is 14.9. The van der Waals surface area contributed by atoms with E-state index in [1.165, 1.54) is 49.9 Å². The summed E-state index contributed by atoms with van der Waals surface area (Å²) in [5, 5.41) is 7.29. The zero-order valence-corrected chi connectivity index (χ0v) is 12.6. The number of hydrogen-bond donors (Lipinski definition) is 3. The Bertz CT molecular complexity index is 462. The van der Waals surface area contributed by atoms with Crippen molar-refractivity contribution in [3.63, 3.8) is 0 Å². The summed E-state index contributed by atoms with van der Waals surface area (Å²) < 4.78 is 0. The summed E-state index contributed by atoms with van der Waals surface area (Å²) in [4.78, 5) is 12.5. The van der Waals surface area contributed by atoms with Crippen molar-refractivity contribution in [3.8, 4) is 0 Å². The molecular formula is C15H23N3OS. The van der Waals surface area contributed by atoms with Crippen molar-refractivity contribution >= 4 is 27.9 Å². The summed E-state index contributed by atoms with van der Waals surface area (Å²) in [6.07, 6.45) is 9.30. The monoisotopic (exact) mass is 293 g/mol. The van der Waals surface area contributed by atoms with E-state index in [4.69, 9.17) is 5.73 Å². The molecule has 0 atom stereocenters. The molecule has 4 N–H and O–H groups in total. The Balaban J connectivity index is 1.98. The molecule has 1 aliphatic rings. The molecule has 4 nitrogen and oxygen atoms in total. The Labute approximate surface area is 124 Å².